The van der Waals surface area contributed by atoms with E-state index in [1.165, 1.54) is 18.4 Å². The molecule has 0 radical (unpaired) electrons. The summed E-state index contributed by atoms with van der Waals surface area (Å²) in [6.45, 7) is 10.5. The van der Waals surface area contributed by atoms with Gasteiger partial charge in [0.15, 0.2) is 11.5 Å². The van der Waals surface area contributed by atoms with Crippen molar-refractivity contribution in [1.82, 2.24) is 5.32 Å². The number of hydrogen-bond donors (Lipinski definition) is 1. The summed E-state index contributed by atoms with van der Waals surface area (Å²) in [4.78, 5) is 0. The molecular weight excluding hydrogens is 262 g/mol. The first kappa shape index (κ1) is 16.2. The van der Waals surface area contributed by atoms with Crippen LogP contribution >= 0.6 is 0 Å². The van der Waals surface area contributed by atoms with E-state index in [2.05, 4.69) is 44.3 Å². The largest absolute Gasteiger partial charge is 0.490 e. The van der Waals surface area contributed by atoms with Gasteiger partial charge < -0.3 is 14.8 Å². The zero-order valence-electron chi connectivity index (χ0n) is 13.7. The van der Waals surface area contributed by atoms with Gasteiger partial charge in [0.2, 0.25) is 0 Å². The third kappa shape index (κ3) is 5.24. The Labute approximate surface area is 129 Å². The number of rotatable bonds is 7. The third-order valence-corrected chi connectivity index (χ3v) is 4.13. The summed E-state index contributed by atoms with van der Waals surface area (Å²) in [5.74, 6) is 1.80. The highest BCUT2D eigenvalue weighted by molar-refractivity contribution is 5.43. The van der Waals surface area contributed by atoms with Gasteiger partial charge in [-0.05, 0) is 55.5 Å². The lowest BCUT2D eigenvalue weighted by atomic mass is 9.83. The summed E-state index contributed by atoms with van der Waals surface area (Å²) in [6, 6.07) is 6.39. The molecule has 1 N–H and O–H groups in total. The molecule has 0 bridgehead atoms. The van der Waals surface area contributed by atoms with Crippen LogP contribution in [0.4, 0.5) is 0 Å². The first-order valence-electron chi connectivity index (χ1n) is 8.20. The van der Waals surface area contributed by atoms with Gasteiger partial charge in [0, 0.05) is 6.42 Å². The first-order chi connectivity index (χ1) is 10.1. The number of aryl methyl sites for hydroxylation is 1. The van der Waals surface area contributed by atoms with Crippen molar-refractivity contribution in [1.29, 1.82) is 0 Å². The Morgan fingerprint density at radius 2 is 1.86 bits per heavy atom. The fourth-order valence-electron chi connectivity index (χ4n) is 2.57. The third-order valence-electron chi connectivity index (χ3n) is 4.13. The quantitative estimate of drug-likeness (QED) is 0.775. The molecule has 3 heteroatoms. The molecule has 118 valence electrons. The van der Waals surface area contributed by atoms with E-state index in [1.54, 1.807) is 0 Å². The molecule has 0 saturated heterocycles. The average Bonchev–Trinajstić information content (AvgIpc) is 2.70. The Balaban J connectivity index is 1.89. The van der Waals surface area contributed by atoms with Crippen LogP contribution in [0.3, 0.4) is 0 Å². The molecule has 0 aromatic heterocycles. The normalized spacial score (nSPS) is 14.8. The molecule has 0 atom stereocenters. The van der Waals surface area contributed by atoms with Crippen LogP contribution in [0, 0.1) is 5.41 Å². The minimum absolute atomic E-state index is 0.367. The zero-order valence-corrected chi connectivity index (χ0v) is 13.7. The van der Waals surface area contributed by atoms with E-state index in [0.717, 1.165) is 50.6 Å². The number of ether oxygens (including phenoxy) is 2. The Kier molecular flexibility index (Phi) is 5.92. The highest BCUT2D eigenvalue weighted by Gasteiger charge is 2.18. The molecule has 1 aliphatic rings. The Morgan fingerprint density at radius 3 is 2.62 bits per heavy atom. The molecule has 3 nitrogen and oxygen atoms in total. The summed E-state index contributed by atoms with van der Waals surface area (Å²) in [7, 11) is 0. The van der Waals surface area contributed by atoms with Gasteiger partial charge in [-0.25, -0.2) is 0 Å². The van der Waals surface area contributed by atoms with Crippen LogP contribution in [-0.2, 0) is 6.42 Å². The average molecular weight is 291 g/mol. The Bertz CT molecular complexity index is 443. The molecule has 0 amide bonds. The highest BCUT2D eigenvalue weighted by atomic mass is 16.5. The highest BCUT2D eigenvalue weighted by Crippen LogP contribution is 2.32. The van der Waals surface area contributed by atoms with Crippen LogP contribution in [0.15, 0.2) is 18.2 Å². The van der Waals surface area contributed by atoms with Crippen molar-refractivity contribution < 1.29 is 9.47 Å². The van der Waals surface area contributed by atoms with E-state index in [0.29, 0.717) is 5.41 Å². The Hall–Kier alpha value is -1.22. The second kappa shape index (κ2) is 7.69. The lowest BCUT2D eigenvalue weighted by Gasteiger charge is -2.25. The van der Waals surface area contributed by atoms with Crippen LogP contribution in [-0.4, -0.2) is 26.3 Å². The van der Waals surface area contributed by atoms with Crippen LogP contribution in [0.25, 0.3) is 0 Å². The standard InChI is InChI=1S/C18H29NO2/c1-4-19-11-10-18(2,3)9-8-15-6-7-16-17(14-15)21-13-5-12-20-16/h6-7,14,19H,4-5,8-13H2,1-3H3. The molecule has 0 aliphatic carbocycles. The van der Waals surface area contributed by atoms with Gasteiger partial charge in [0.1, 0.15) is 0 Å². The molecule has 0 spiro atoms. The smallest absolute Gasteiger partial charge is 0.161 e. The molecule has 1 aromatic rings. The van der Waals surface area contributed by atoms with Crippen molar-refractivity contribution in [3.63, 3.8) is 0 Å². The van der Waals surface area contributed by atoms with Crippen LogP contribution in [0.2, 0.25) is 0 Å². The second-order valence-corrected chi connectivity index (χ2v) is 6.60. The fraction of sp³-hybridized carbons (Fsp3) is 0.667. The predicted octanol–water partition coefficient (Wildman–Crippen LogP) is 3.81. The molecule has 1 aromatic carbocycles. The molecule has 1 heterocycles. The van der Waals surface area contributed by atoms with Gasteiger partial charge >= 0.3 is 0 Å². The lowest BCUT2D eigenvalue weighted by molar-refractivity contribution is 0.296. The first-order valence-corrected chi connectivity index (χ1v) is 8.20. The Morgan fingerprint density at radius 1 is 1.10 bits per heavy atom. The fourth-order valence-corrected chi connectivity index (χ4v) is 2.57. The predicted molar refractivity (Wildman–Crippen MR) is 87.3 cm³/mol. The maximum absolute atomic E-state index is 5.77. The molecule has 0 unspecified atom stereocenters. The van der Waals surface area contributed by atoms with Crippen LogP contribution < -0.4 is 14.8 Å². The van der Waals surface area contributed by atoms with Crippen molar-refractivity contribution in [3.8, 4) is 11.5 Å². The maximum Gasteiger partial charge on any atom is 0.161 e. The summed E-state index contributed by atoms with van der Waals surface area (Å²) in [5.41, 5.74) is 1.71. The SMILES string of the molecule is CCNCCC(C)(C)CCc1ccc2c(c1)OCCCO2. The van der Waals surface area contributed by atoms with E-state index in [-0.39, 0.29) is 0 Å². The van der Waals surface area contributed by atoms with Gasteiger partial charge in [0.25, 0.3) is 0 Å². The van der Waals surface area contributed by atoms with E-state index in [1.807, 2.05) is 0 Å². The number of benzene rings is 1. The molecule has 2 rings (SSSR count). The van der Waals surface area contributed by atoms with E-state index in [4.69, 9.17) is 9.47 Å². The van der Waals surface area contributed by atoms with Crippen molar-refractivity contribution >= 4 is 0 Å². The molecule has 0 fully saturated rings. The molecule has 1 aliphatic heterocycles. The molecular formula is C18H29NO2. The summed E-state index contributed by atoms with van der Waals surface area (Å²) in [6.07, 6.45) is 4.46. The summed E-state index contributed by atoms with van der Waals surface area (Å²) < 4.78 is 11.4. The van der Waals surface area contributed by atoms with Gasteiger partial charge in [-0.3, -0.25) is 0 Å². The van der Waals surface area contributed by atoms with Crippen molar-refractivity contribution in [2.24, 2.45) is 5.41 Å². The van der Waals surface area contributed by atoms with E-state index in [9.17, 15) is 0 Å². The topological polar surface area (TPSA) is 30.5 Å². The lowest BCUT2D eigenvalue weighted by Crippen LogP contribution is -2.22. The number of hydrogen-bond acceptors (Lipinski definition) is 3. The van der Waals surface area contributed by atoms with E-state index >= 15 is 0 Å². The van der Waals surface area contributed by atoms with Gasteiger partial charge in [-0.1, -0.05) is 26.8 Å². The van der Waals surface area contributed by atoms with Crippen molar-refractivity contribution in [2.75, 3.05) is 26.3 Å². The summed E-state index contributed by atoms with van der Waals surface area (Å²) >= 11 is 0. The maximum atomic E-state index is 5.77. The van der Waals surface area contributed by atoms with Gasteiger partial charge in [-0.2, -0.15) is 0 Å². The van der Waals surface area contributed by atoms with Crippen molar-refractivity contribution in [2.45, 2.75) is 46.5 Å². The minimum atomic E-state index is 0.367. The molecule has 0 saturated carbocycles. The van der Waals surface area contributed by atoms with Gasteiger partial charge in [0.05, 0.1) is 13.2 Å². The number of nitrogens with one attached hydrogen (secondary N) is 1. The van der Waals surface area contributed by atoms with Crippen LogP contribution in [0.1, 0.15) is 45.6 Å². The van der Waals surface area contributed by atoms with Crippen molar-refractivity contribution in [3.05, 3.63) is 23.8 Å². The minimum Gasteiger partial charge on any atom is -0.490 e. The molecule has 21 heavy (non-hydrogen) atoms. The van der Waals surface area contributed by atoms with E-state index < -0.39 is 0 Å². The number of fused-ring (bicyclic) bond motifs is 1. The van der Waals surface area contributed by atoms with Crippen LogP contribution in [0.5, 0.6) is 11.5 Å². The van der Waals surface area contributed by atoms with Gasteiger partial charge in [-0.15, -0.1) is 0 Å². The summed E-state index contributed by atoms with van der Waals surface area (Å²) in [5, 5.41) is 3.41. The monoisotopic (exact) mass is 291 g/mol. The zero-order chi connectivity index (χ0) is 15.1. The second-order valence-electron chi connectivity index (χ2n) is 6.60.